The van der Waals surface area contributed by atoms with Crippen LogP contribution in [0.3, 0.4) is 0 Å². The van der Waals surface area contributed by atoms with E-state index in [2.05, 4.69) is 5.32 Å². The van der Waals surface area contributed by atoms with E-state index in [1.54, 1.807) is 23.1 Å². The van der Waals surface area contributed by atoms with Crippen molar-refractivity contribution in [3.63, 3.8) is 0 Å². The third-order valence-corrected chi connectivity index (χ3v) is 4.64. The van der Waals surface area contributed by atoms with Crippen LogP contribution in [0, 0.1) is 20.2 Å². The fourth-order valence-corrected chi connectivity index (χ4v) is 3.18. The molecule has 2 aromatic carbocycles. The highest BCUT2D eigenvalue weighted by Crippen LogP contribution is 2.26. The predicted molar refractivity (Wildman–Crippen MR) is 104 cm³/mol. The van der Waals surface area contributed by atoms with Crippen LogP contribution in [0.1, 0.15) is 40.0 Å². The number of nitro groups is 2. The van der Waals surface area contributed by atoms with Gasteiger partial charge >= 0.3 is 0 Å². The molecule has 0 radical (unpaired) electrons. The van der Waals surface area contributed by atoms with Crippen molar-refractivity contribution in [1.29, 1.82) is 0 Å². The van der Waals surface area contributed by atoms with E-state index >= 15 is 0 Å². The van der Waals surface area contributed by atoms with Gasteiger partial charge in [0.2, 0.25) is 0 Å². The van der Waals surface area contributed by atoms with Crippen LogP contribution in [0.5, 0.6) is 0 Å². The molecule has 10 nitrogen and oxygen atoms in total. The number of amides is 2. The first kappa shape index (κ1) is 19.9. The first-order valence-corrected chi connectivity index (χ1v) is 9.00. The van der Waals surface area contributed by atoms with Gasteiger partial charge in [0.25, 0.3) is 23.2 Å². The number of hydrogen-bond acceptors (Lipinski definition) is 6. The van der Waals surface area contributed by atoms with Gasteiger partial charge in [-0.15, -0.1) is 0 Å². The number of rotatable bonds is 5. The number of carbonyl (C=O) groups excluding carboxylic acids is 2. The Morgan fingerprint density at radius 2 is 1.66 bits per heavy atom. The third-order valence-electron chi connectivity index (χ3n) is 4.64. The van der Waals surface area contributed by atoms with Crippen LogP contribution in [0.4, 0.5) is 17.1 Å². The summed E-state index contributed by atoms with van der Waals surface area (Å²) in [6.45, 7) is 1.37. The second kappa shape index (κ2) is 8.46. The van der Waals surface area contributed by atoms with Gasteiger partial charge < -0.3 is 10.2 Å². The molecule has 2 aromatic rings. The van der Waals surface area contributed by atoms with Crippen molar-refractivity contribution >= 4 is 28.9 Å². The summed E-state index contributed by atoms with van der Waals surface area (Å²) < 4.78 is 0. The molecule has 0 aromatic heterocycles. The molecule has 2 amide bonds. The first-order chi connectivity index (χ1) is 13.9. The highest BCUT2D eigenvalue weighted by molar-refractivity contribution is 6.07. The maximum atomic E-state index is 12.6. The molecule has 0 aliphatic carbocycles. The molecular formula is C19H18N4O6. The number of benzene rings is 2. The molecule has 0 unspecified atom stereocenters. The molecule has 0 saturated carbocycles. The second-order valence-corrected chi connectivity index (χ2v) is 6.60. The lowest BCUT2D eigenvalue weighted by atomic mass is 10.1. The number of carbonyl (C=O) groups is 2. The maximum absolute atomic E-state index is 12.6. The highest BCUT2D eigenvalue weighted by atomic mass is 16.6. The summed E-state index contributed by atoms with van der Waals surface area (Å²) in [6.07, 6.45) is 2.99. The summed E-state index contributed by atoms with van der Waals surface area (Å²) in [5, 5.41) is 24.6. The van der Waals surface area contributed by atoms with Gasteiger partial charge in [0.05, 0.1) is 15.9 Å². The van der Waals surface area contributed by atoms with E-state index < -0.39 is 27.1 Å². The molecule has 1 aliphatic heterocycles. The van der Waals surface area contributed by atoms with Crippen LogP contribution >= 0.6 is 0 Å². The number of non-ortho nitro benzene ring substituents is 1. The van der Waals surface area contributed by atoms with Crippen molar-refractivity contribution in [2.75, 3.05) is 18.4 Å². The molecule has 3 rings (SSSR count). The quantitative estimate of drug-likeness (QED) is 0.606. The summed E-state index contributed by atoms with van der Waals surface area (Å²) in [4.78, 5) is 47.3. The van der Waals surface area contributed by atoms with Gasteiger partial charge in [0.1, 0.15) is 5.56 Å². The number of nitrogens with zero attached hydrogens (tertiary/aromatic N) is 3. The number of likely N-dealkylation sites (tertiary alicyclic amines) is 1. The summed E-state index contributed by atoms with van der Waals surface area (Å²) in [5.41, 5.74) is -0.763. The van der Waals surface area contributed by atoms with Gasteiger partial charge in [-0.2, -0.15) is 0 Å². The van der Waals surface area contributed by atoms with Crippen molar-refractivity contribution in [2.24, 2.45) is 0 Å². The molecule has 29 heavy (non-hydrogen) atoms. The number of anilines is 1. The van der Waals surface area contributed by atoms with Crippen molar-refractivity contribution in [3.8, 4) is 0 Å². The van der Waals surface area contributed by atoms with Crippen LogP contribution in [-0.2, 0) is 0 Å². The van der Waals surface area contributed by atoms with Crippen LogP contribution in [0.2, 0.25) is 0 Å². The van der Waals surface area contributed by atoms with Gasteiger partial charge in [-0.1, -0.05) is 6.07 Å². The molecule has 0 bridgehead atoms. The highest BCUT2D eigenvalue weighted by Gasteiger charge is 2.24. The summed E-state index contributed by atoms with van der Waals surface area (Å²) >= 11 is 0. The average molecular weight is 398 g/mol. The van der Waals surface area contributed by atoms with Gasteiger partial charge in [-0.05, 0) is 43.5 Å². The number of hydrogen-bond donors (Lipinski definition) is 1. The van der Waals surface area contributed by atoms with E-state index in [1.165, 1.54) is 6.07 Å². The summed E-state index contributed by atoms with van der Waals surface area (Å²) in [6, 6.07) is 9.11. The lowest BCUT2D eigenvalue weighted by Gasteiger charge is -2.26. The topological polar surface area (TPSA) is 136 Å². The predicted octanol–water partition coefficient (Wildman–Crippen LogP) is 3.38. The lowest BCUT2D eigenvalue weighted by molar-refractivity contribution is -0.394. The lowest BCUT2D eigenvalue weighted by Crippen LogP contribution is -2.35. The van der Waals surface area contributed by atoms with Crippen molar-refractivity contribution in [2.45, 2.75) is 19.3 Å². The minimum Gasteiger partial charge on any atom is -0.339 e. The van der Waals surface area contributed by atoms with E-state index in [0.29, 0.717) is 24.3 Å². The Bertz CT molecular complexity index is 984. The minimum absolute atomic E-state index is 0.137. The van der Waals surface area contributed by atoms with E-state index in [1.807, 2.05) is 0 Å². The van der Waals surface area contributed by atoms with Crippen molar-refractivity contribution < 1.29 is 19.4 Å². The third kappa shape index (κ3) is 4.54. The Hall–Kier alpha value is -3.82. The van der Waals surface area contributed by atoms with E-state index in [9.17, 15) is 29.8 Å². The molecule has 10 heteroatoms. The Labute approximate surface area is 165 Å². The zero-order valence-corrected chi connectivity index (χ0v) is 15.4. The smallest absolute Gasteiger partial charge is 0.289 e. The number of piperidine rings is 1. The van der Waals surface area contributed by atoms with Gasteiger partial charge in [-0.3, -0.25) is 29.8 Å². The monoisotopic (exact) mass is 398 g/mol. The van der Waals surface area contributed by atoms with E-state index in [0.717, 1.165) is 37.5 Å². The molecule has 1 N–H and O–H groups in total. The molecule has 0 spiro atoms. The molecular weight excluding hydrogens is 380 g/mol. The van der Waals surface area contributed by atoms with Gasteiger partial charge in [0.15, 0.2) is 0 Å². The van der Waals surface area contributed by atoms with Crippen molar-refractivity contribution in [1.82, 2.24) is 4.90 Å². The molecule has 1 aliphatic rings. The second-order valence-electron chi connectivity index (χ2n) is 6.60. The van der Waals surface area contributed by atoms with Crippen molar-refractivity contribution in [3.05, 3.63) is 73.8 Å². The Balaban J connectivity index is 1.81. The molecule has 0 atom stereocenters. The largest absolute Gasteiger partial charge is 0.339 e. The van der Waals surface area contributed by atoms with Gasteiger partial charge in [0, 0.05) is 30.4 Å². The van der Waals surface area contributed by atoms with E-state index in [-0.39, 0.29) is 11.5 Å². The average Bonchev–Trinajstić information content (AvgIpc) is 2.73. The first-order valence-electron chi connectivity index (χ1n) is 9.00. The zero-order chi connectivity index (χ0) is 21.0. The fraction of sp³-hybridized carbons (Fsp3) is 0.263. The normalized spacial score (nSPS) is 13.6. The number of nitrogens with one attached hydrogen (secondary N) is 1. The molecule has 1 fully saturated rings. The standard InChI is InChI=1S/C19H18N4O6/c24-18(16-8-7-15(22(26)27)12-17(16)23(28)29)20-14-6-4-5-13(11-14)19(25)21-9-2-1-3-10-21/h4-8,11-12H,1-3,9-10H2,(H,20,24). The molecule has 1 heterocycles. The zero-order valence-electron chi connectivity index (χ0n) is 15.4. The van der Waals surface area contributed by atoms with Crippen LogP contribution in [0.15, 0.2) is 42.5 Å². The summed E-state index contributed by atoms with van der Waals surface area (Å²) in [7, 11) is 0. The Kier molecular flexibility index (Phi) is 5.82. The van der Waals surface area contributed by atoms with Gasteiger partial charge in [-0.25, -0.2) is 0 Å². The number of nitro benzene ring substituents is 2. The Morgan fingerprint density at radius 3 is 2.31 bits per heavy atom. The SMILES string of the molecule is O=C(Nc1cccc(C(=O)N2CCCCC2)c1)c1ccc([N+](=O)[O-])cc1[N+](=O)[O-]. The van der Waals surface area contributed by atoms with Crippen LogP contribution in [0.25, 0.3) is 0 Å². The van der Waals surface area contributed by atoms with E-state index in [4.69, 9.17) is 0 Å². The molecule has 150 valence electrons. The fourth-order valence-electron chi connectivity index (χ4n) is 3.18. The maximum Gasteiger partial charge on any atom is 0.289 e. The summed E-state index contributed by atoms with van der Waals surface area (Å²) in [5.74, 6) is -0.934. The van der Waals surface area contributed by atoms with Crippen LogP contribution in [-0.4, -0.2) is 39.7 Å². The Morgan fingerprint density at radius 1 is 0.931 bits per heavy atom. The van der Waals surface area contributed by atoms with Crippen LogP contribution < -0.4 is 5.32 Å². The molecule has 1 saturated heterocycles. The minimum atomic E-state index is -0.849.